The van der Waals surface area contributed by atoms with Crippen LogP contribution in [0.15, 0.2) is 43.7 Å². The molecular formula is C13H8BrClN2O2S. The number of halogens is 2. The van der Waals surface area contributed by atoms with Crippen LogP contribution in [0.4, 0.5) is 0 Å². The molecule has 0 spiro atoms. The molecule has 2 heterocycles. The number of aromatic amines is 2. The first-order valence-electron chi connectivity index (χ1n) is 5.70. The second-order valence-electron chi connectivity index (χ2n) is 4.22. The van der Waals surface area contributed by atoms with Crippen LogP contribution in [0.3, 0.4) is 0 Å². The van der Waals surface area contributed by atoms with Crippen LogP contribution < -0.4 is 11.1 Å². The molecule has 1 aromatic carbocycles. The Balaban J connectivity index is 2.11. The molecule has 0 bridgehead atoms. The fourth-order valence-corrected chi connectivity index (χ4v) is 3.69. The summed E-state index contributed by atoms with van der Waals surface area (Å²) in [5.74, 6) is 0. The van der Waals surface area contributed by atoms with E-state index in [1.807, 2.05) is 18.2 Å². The van der Waals surface area contributed by atoms with Gasteiger partial charge in [-0.25, -0.2) is 0 Å². The van der Waals surface area contributed by atoms with E-state index in [9.17, 15) is 9.59 Å². The predicted molar refractivity (Wildman–Crippen MR) is 84.9 cm³/mol. The molecule has 2 N–H and O–H groups in total. The van der Waals surface area contributed by atoms with Gasteiger partial charge in [0.05, 0.1) is 20.2 Å². The van der Waals surface area contributed by atoms with E-state index in [1.165, 1.54) is 0 Å². The number of nitrogens with one attached hydrogen (secondary N) is 2. The molecule has 3 aromatic rings. The molecule has 0 saturated heterocycles. The number of rotatable bonds is 2. The van der Waals surface area contributed by atoms with Gasteiger partial charge in [-0.1, -0.05) is 6.07 Å². The third-order valence-electron chi connectivity index (χ3n) is 2.88. The largest absolute Gasteiger partial charge is 0.316 e. The molecule has 0 fully saturated rings. The maximum Gasteiger partial charge on any atom is 0.314 e. The molecule has 0 radical (unpaired) electrons. The van der Waals surface area contributed by atoms with Gasteiger partial charge in [0.15, 0.2) is 0 Å². The third-order valence-corrected chi connectivity index (χ3v) is 5.19. The minimum atomic E-state index is -0.667. The van der Waals surface area contributed by atoms with Gasteiger partial charge in [-0.15, -0.1) is 22.9 Å². The number of aromatic nitrogens is 2. The summed E-state index contributed by atoms with van der Waals surface area (Å²) in [5.41, 5.74) is 0.675. The Bertz CT molecular complexity index is 899. The number of hydrogen-bond donors (Lipinski definition) is 2. The van der Waals surface area contributed by atoms with Crippen molar-refractivity contribution in [3.05, 3.63) is 65.3 Å². The van der Waals surface area contributed by atoms with Gasteiger partial charge in [-0.3, -0.25) is 9.59 Å². The molecule has 0 amide bonds. The highest BCUT2D eigenvalue weighted by Gasteiger charge is 2.14. The van der Waals surface area contributed by atoms with Crippen molar-refractivity contribution >= 4 is 49.9 Å². The van der Waals surface area contributed by atoms with Crippen molar-refractivity contribution in [2.24, 2.45) is 0 Å². The van der Waals surface area contributed by atoms with Crippen molar-refractivity contribution in [2.75, 3.05) is 0 Å². The lowest BCUT2D eigenvalue weighted by atomic mass is 10.1. The lowest BCUT2D eigenvalue weighted by Gasteiger charge is -2.08. The van der Waals surface area contributed by atoms with Gasteiger partial charge in [0, 0.05) is 4.88 Å². The molecule has 0 aliphatic carbocycles. The molecule has 1 unspecified atom stereocenters. The first kappa shape index (κ1) is 13.6. The van der Waals surface area contributed by atoms with Crippen LogP contribution in [0.1, 0.15) is 15.8 Å². The van der Waals surface area contributed by atoms with Crippen LogP contribution in [0.2, 0.25) is 0 Å². The van der Waals surface area contributed by atoms with Crippen LogP contribution >= 0.6 is 38.9 Å². The molecule has 3 rings (SSSR count). The number of thiophene rings is 1. The number of alkyl halides is 1. The fourth-order valence-electron chi connectivity index (χ4n) is 1.92. The van der Waals surface area contributed by atoms with Crippen LogP contribution in [0, 0.1) is 0 Å². The zero-order valence-electron chi connectivity index (χ0n) is 9.94. The van der Waals surface area contributed by atoms with Crippen LogP contribution in [-0.4, -0.2) is 9.97 Å². The van der Waals surface area contributed by atoms with E-state index in [-0.39, 0.29) is 5.38 Å². The lowest BCUT2D eigenvalue weighted by Crippen LogP contribution is -2.28. The van der Waals surface area contributed by atoms with E-state index in [4.69, 9.17) is 11.6 Å². The van der Waals surface area contributed by atoms with E-state index in [0.717, 1.165) is 14.2 Å². The van der Waals surface area contributed by atoms with Gasteiger partial charge in [0.25, 0.3) is 0 Å². The van der Waals surface area contributed by atoms with Crippen LogP contribution in [0.25, 0.3) is 11.0 Å². The molecule has 1 atom stereocenters. The normalized spacial score (nSPS) is 12.7. The molecule has 102 valence electrons. The standard InChI is InChI=1S/C13H8BrClN2O2S/c14-10-4-3-9(20-10)11(15)6-1-2-7-8(5-6)17-13(19)12(18)16-7/h1-5,11H,(H,16,18)(H,17,19). The van der Waals surface area contributed by atoms with Gasteiger partial charge >= 0.3 is 11.1 Å². The topological polar surface area (TPSA) is 65.7 Å². The van der Waals surface area contributed by atoms with Crippen molar-refractivity contribution in [3.63, 3.8) is 0 Å². The zero-order valence-corrected chi connectivity index (χ0v) is 13.1. The Labute approximate surface area is 130 Å². The first-order chi connectivity index (χ1) is 9.54. The summed E-state index contributed by atoms with van der Waals surface area (Å²) in [5, 5.41) is -0.300. The molecule has 20 heavy (non-hydrogen) atoms. The smallest absolute Gasteiger partial charge is 0.314 e. The fraction of sp³-hybridized carbons (Fsp3) is 0.0769. The molecule has 0 saturated carbocycles. The van der Waals surface area contributed by atoms with E-state index < -0.39 is 11.1 Å². The highest BCUT2D eigenvalue weighted by molar-refractivity contribution is 9.11. The highest BCUT2D eigenvalue weighted by Crippen LogP contribution is 2.36. The average molecular weight is 372 g/mol. The van der Waals surface area contributed by atoms with Crippen molar-refractivity contribution < 1.29 is 0 Å². The maximum atomic E-state index is 11.4. The summed E-state index contributed by atoms with van der Waals surface area (Å²) in [4.78, 5) is 28.7. The zero-order chi connectivity index (χ0) is 14.3. The maximum absolute atomic E-state index is 11.4. The number of H-pyrrole nitrogens is 2. The summed E-state index contributed by atoms with van der Waals surface area (Å²) >= 11 is 11.4. The van der Waals surface area contributed by atoms with Crippen LogP contribution in [0.5, 0.6) is 0 Å². The third kappa shape index (κ3) is 2.46. The Morgan fingerprint density at radius 3 is 2.40 bits per heavy atom. The van der Waals surface area contributed by atoms with E-state index in [2.05, 4.69) is 25.9 Å². The van der Waals surface area contributed by atoms with E-state index in [0.29, 0.717) is 11.0 Å². The Hall–Kier alpha value is -1.37. The molecule has 0 aliphatic heterocycles. The summed E-state index contributed by atoms with van der Waals surface area (Å²) in [6.45, 7) is 0. The van der Waals surface area contributed by atoms with Gasteiger partial charge in [0.2, 0.25) is 0 Å². The van der Waals surface area contributed by atoms with Gasteiger partial charge in [-0.05, 0) is 45.8 Å². The van der Waals surface area contributed by atoms with E-state index in [1.54, 1.807) is 23.5 Å². The van der Waals surface area contributed by atoms with Gasteiger partial charge in [-0.2, -0.15) is 0 Å². The van der Waals surface area contributed by atoms with Crippen molar-refractivity contribution in [3.8, 4) is 0 Å². The molecular weight excluding hydrogens is 364 g/mol. The van der Waals surface area contributed by atoms with Gasteiger partial charge < -0.3 is 9.97 Å². The van der Waals surface area contributed by atoms with Crippen molar-refractivity contribution in [1.29, 1.82) is 0 Å². The number of benzene rings is 1. The molecule has 7 heteroatoms. The highest BCUT2D eigenvalue weighted by atomic mass is 79.9. The first-order valence-corrected chi connectivity index (χ1v) is 7.75. The Morgan fingerprint density at radius 1 is 1.05 bits per heavy atom. The summed E-state index contributed by atoms with van der Waals surface area (Å²) in [6, 6.07) is 9.24. The lowest BCUT2D eigenvalue weighted by molar-refractivity contribution is 1.13. The second kappa shape index (κ2) is 5.20. The molecule has 2 aromatic heterocycles. The van der Waals surface area contributed by atoms with Crippen LogP contribution in [-0.2, 0) is 0 Å². The van der Waals surface area contributed by atoms with Gasteiger partial charge in [0.1, 0.15) is 0 Å². The summed E-state index contributed by atoms with van der Waals surface area (Å²) < 4.78 is 1.01. The van der Waals surface area contributed by atoms with E-state index >= 15 is 0 Å². The second-order valence-corrected chi connectivity index (χ2v) is 7.15. The minimum absolute atomic E-state index is 0.300. The summed E-state index contributed by atoms with van der Waals surface area (Å²) in [7, 11) is 0. The quantitative estimate of drug-likeness (QED) is 0.536. The molecule has 4 nitrogen and oxygen atoms in total. The van der Waals surface area contributed by atoms with Crippen molar-refractivity contribution in [2.45, 2.75) is 5.38 Å². The average Bonchev–Trinajstić information content (AvgIpc) is 2.85. The SMILES string of the molecule is O=c1[nH]c2ccc(C(Cl)c3ccc(Br)s3)cc2[nH]c1=O. The monoisotopic (exact) mass is 370 g/mol. The number of hydrogen-bond acceptors (Lipinski definition) is 3. The Morgan fingerprint density at radius 2 is 1.75 bits per heavy atom. The van der Waals surface area contributed by atoms with Crippen molar-refractivity contribution in [1.82, 2.24) is 9.97 Å². The Kier molecular flexibility index (Phi) is 3.54. The number of fused-ring (bicyclic) bond motifs is 1. The summed E-state index contributed by atoms with van der Waals surface area (Å²) in [6.07, 6.45) is 0. The minimum Gasteiger partial charge on any atom is -0.316 e. The predicted octanol–water partition coefficient (Wildman–Crippen LogP) is 3.37. The molecule has 0 aliphatic rings.